The number of thiophene rings is 1. The molecule has 2 aromatic carbocycles. The van der Waals surface area contributed by atoms with Gasteiger partial charge >= 0.3 is 0 Å². The highest BCUT2D eigenvalue weighted by atomic mass is 32.1. The Labute approximate surface area is 166 Å². The Morgan fingerprint density at radius 2 is 1.93 bits per heavy atom. The monoisotopic (exact) mass is 391 g/mol. The number of hydrogen-bond donors (Lipinski definition) is 3. The first kappa shape index (κ1) is 17.4. The molecule has 3 N–H and O–H groups in total. The number of hydrogen-bond acceptors (Lipinski definition) is 4. The van der Waals surface area contributed by atoms with Crippen molar-refractivity contribution in [1.82, 2.24) is 10.2 Å². The van der Waals surface area contributed by atoms with E-state index in [1.807, 2.05) is 30.3 Å². The van der Waals surface area contributed by atoms with Gasteiger partial charge in [-0.05, 0) is 61.4 Å². The smallest absolute Gasteiger partial charge is 0.227 e. The molecule has 5 nitrogen and oxygen atoms in total. The van der Waals surface area contributed by atoms with E-state index in [1.54, 1.807) is 11.3 Å². The molecular weight excluding hydrogens is 370 g/mol. The lowest BCUT2D eigenvalue weighted by Gasteiger charge is -2.24. The van der Waals surface area contributed by atoms with Gasteiger partial charge in [-0.25, -0.2) is 0 Å². The van der Waals surface area contributed by atoms with Gasteiger partial charge in [0, 0.05) is 21.7 Å². The number of nitrogens with zero attached hydrogens (tertiary/aromatic N) is 1. The molecule has 0 bridgehead atoms. The minimum Gasteiger partial charge on any atom is -0.393 e. The third kappa shape index (κ3) is 3.19. The van der Waals surface area contributed by atoms with Gasteiger partial charge in [0.1, 0.15) is 5.69 Å². The van der Waals surface area contributed by atoms with Crippen LogP contribution in [-0.2, 0) is 4.79 Å². The number of amides is 1. The average Bonchev–Trinajstić information content (AvgIpc) is 3.31. The highest BCUT2D eigenvalue weighted by molar-refractivity contribution is 7.22. The van der Waals surface area contributed by atoms with Crippen molar-refractivity contribution in [2.24, 2.45) is 5.92 Å². The van der Waals surface area contributed by atoms with E-state index in [4.69, 9.17) is 0 Å². The summed E-state index contributed by atoms with van der Waals surface area (Å²) in [5, 5.41) is 22.5. The summed E-state index contributed by atoms with van der Waals surface area (Å²) >= 11 is 1.72. The second-order valence-corrected chi connectivity index (χ2v) is 8.56. The highest BCUT2D eigenvalue weighted by Gasteiger charge is 2.25. The SMILES string of the molecule is O=C(Nc1ccc2[nH]nc(-c3cc4ccccc4s3)c2c1)C1CCC(O)CC1. The molecule has 0 saturated heterocycles. The number of aliphatic hydroxyl groups is 1. The molecule has 1 fully saturated rings. The topological polar surface area (TPSA) is 78.0 Å². The first-order valence-corrected chi connectivity index (χ1v) is 10.4. The number of aliphatic hydroxyl groups excluding tert-OH is 1. The Bertz CT molecular complexity index is 1120. The van der Waals surface area contributed by atoms with Crippen LogP contribution in [-0.4, -0.2) is 27.3 Å². The predicted molar refractivity (Wildman–Crippen MR) is 114 cm³/mol. The van der Waals surface area contributed by atoms with Crippen LogP contribution in [0.4, 0.5) is 5.69 Å². The fraction of sp³-hybridized carbons (Fsp3) is 0.273. The number of fused-ring (bicyclic) bond motifs is 2. The molecule has 0 spiro atoms. The van der Waals surface area contributed by atoms with E-state index in [2.05, 4.69) is 33.7 Å². The van der Waals surface area contributed by atoms with Crippen molar-refractivity contribution < 1.29 is 9.90 Å². The van der Waals surface area contributed by atoms with E-state index in [-0.39, 0.29) is 17.9 Å². The Morgan fingerprint density at radius 1 is 1.11 bits per heavy atom. The molecule has 28 heavy (non-hydrogen) atoms. The number of H-pyrrole nitrogens is 1. The summed E-state index contributed by atoms with van der Waals surface area (Å²) < 4.78 is 1.23. The van der Waals surface area contributed by atoms with Crippen molar-refractivity contribution >= 4 is 43.9 Å². The lowest BCUT2D eigenvalue weighted by molar-refractivity contribution is -0.121. The third-order valence-corrected chi connectivity index (χ3v) is 6.68. The quantitative estimate of drug-likeness (QED) is 0.463. The minimum atomic E-state index is -0.254. The van der Waals surface area contributed by atoms with Crippen molar-refractivity contribution in [2.75, 3.05) is 5.32 Å². The summed E-state index contributed by atoms with van der Waals surface area (Å²) in [6.45, 7) is 0. The van der Waals surface area contributed by atoms with Crippen LogP contribution in [0.25, 0.3) is 31.6 Å². The number of nitrogens with one attached hydrogen (secondary N) is 2. The first-order valence-electron chi connectivity index (χ1n) is 9.63. The summed E-state index contributed by atoms with van der Waals surface area (Å²) in [5.41, 5.74) is 2.65. The maximum atomic E-state index is 12.6. The van der Waals surface area contributed by atoms with Crippen LogP contribution in [0.15, 0.2) is 48.5 Å². The fourth-order valence-electron chi connectivity index (χ4n) is 3.96. The van der Waals surface area contributed by atoms with Gasteiger partial charge in [0.05, 0.1) is 16.5 Å². The van der Waals surface area contributed by atoms with Gasteiger partial charge in [-0.3, -0.25) is 9.89 Å². The van der Waals surface area contributed by atoms with E-state index in [0.29, 0.717) is 12.8 Å². The van der Waals surface area contributed by atoms with Crippen LogP contribution in [0, 0.1) is 5.92 Å². The molecule has 6 heteroatoms. The number of carbonyl (C=O) groups excluding carboxylic acids is 1. The van der Waals surface area contributed by atoms with E-state index in [1.165, 1.54) is 10.1 Å². The molecule has 0 atom stereocenters. The van der Waals surface area contributed by atoms with Crippen LogP contribution >= 0.6 is 11.3 Å². The second kappa shape index (κ2) is 7.04. The van der Waals surface area contributed by atoms with E-state index in [0.717, 1.165) is 40.0 Å². The molecule has 5 rings (SSSR count). The number of rotatable bonds is 3. The first-order chi connectivity index (χ1) is 13.7. The Hall–Kier alpha value is -2.70. The number of anilines is 1. The number of benzene rings is 2. The fourth-order valence-corrected chi connectivity index (χ4v) is 5.03. The molecule has 0 unspecified atom stereocenters. The third-order valence-electron chi connectivity index (χ3n) is 5.56. The van der Waals surface area contributed by atoms with Crippen molar-refractivity contribution in [3.8, 4) is 10.6 Å². The van der Waals surface area contributed by atoms with E-state index < -0.39 is 0 Å². The summed E-state index contributed by atoms with van der Waals surface area (Å²) in [5.74, 6) is 0.0173. The van der Waals surface area contributed by atoms with E-state index in [9.17, 15) is 9.90 Å². The predicted octanol–water partition coefficient (Wildman–Crippen LogP) is 4.93. The zero-order chi connectivity index (χ0) is 19.1. The highest BCUT2D eigenvalue weighted by Crippen LogP contribution is 2.36. The molecule has 2 aromatic heterocycles. The molecule has 4 aromatic rings. The molecule has 0 aliphatic heterocycles. The molecular formula is C22H21N3O2S. The standard InChI is InChI=1S/C22H21N3O2S/c26-16-8-5-13(6-9-16)22(27)23-15-7-10-18-17(12-15)21(25-24-18)20-11-14-3-1-2-4-19(14)28-20/h1-4,7,10-13,16,26H,5-6,8-9H2,(H,23,27)(H,24,25). The van der Waals surface area contributed by atoms with Crippen molar-refractivity contribution in [3.05, 3.63) is 48.5 Å². The Morgan fingerprint density at radius 3 is 2.75 bits per heavy atom. The average molecular weight is 391 g/mol. The lowest BCUT2D eigenvalue weighted by atomic mass is 9.87. The van der Waals surface area contributed by atoms with Gasteiger partial charge < -0.3 is 10.4 Å². The summed E-state index contributed by atoms with van der Waals surface area (Å²) in [6.07, 6.45) is 2.64. The van der Waals surface area contributed by atoms with Gasteiger partial charge in [0.2, 0.25) is 5.91 Å². The number of aromatic nitrogens is 2. The molecule has 1 aliphatic rings. The Kier molecular flexibility index (Phi) is 4.37. The maximum absolute atomic E-state index is 12.6. The lowest BCUT2D eigenvalue weighted by Crippen LogP contribution is -2.28. The van der Waals surface area contributed by atoms with Crippen molar-refractivity contribution in [3.63, 3.8) is 0 Å². The molecule has 1 amide bonds. The van der Waals surface area contributed by atoms with Gasteiger partial charge in [-0.15, -0.1) is 11.3 Å². The molecule has 2 heterocycles. The van der Waals surface area contributed by atoms with Crippen molar-refractivity contribution in [1.29, 1.82) is 0 Å². The van der Waals surface area contributed by atoms with Crippen LogP contribution < -0.4 is 5.32 Å². The zero-order valence-corrected chi connectivity index (χ0v) is 16.1. The van der Waals surface area contributed by atoms with Gasteiger partial charge in [-0.2, -0.15) is 5.10 Å². The molecule has 1 saturated carbocycles. The summed E-state index contributed by atoms with van der Waals surface area (Å²) in [7, 11) is 0. The van der Waals surface area contributed by atoms with Gasteiger partial charge in [0.15, 0.2) is 0 Å². The van der Waals surface area contributed by atoms with Gasteiger partial charge in [0.25, 0.3) is 0 Å². The maximum Gasteiger partial charge on any atom is 0.227 e. The van der Waals surface area contributed by atoms with Crippen LogP contribution in [0.1, 0.15) is 25.7 Å². The molecule has 142 valence electrons. The Balaban J connectivity index is 1.44. The number of aromatic amines is 1. The van der Waals surface area contributed by atoms with Crippen LogP contribution in [0.2, 0.25) is 0 Å². The van der Waals surface area contributed by atoms with Crippen LogP contribution in [0.5, 0.6) is 0 Å². The summed E-state index contributed by atoms with van der Waals surface area (Å²) in [4.78, 5) is 13.7. The zero-order valence-electron chi connectivity index (χ0n) is 15.3. The summed E-state index contributed by atoms with van der Waals surface area (Å²) in [6, 6.07) is 16.3. The molecule has 1 aliphatic carbocycles. The largest absolute Gasteiger partial charge is 0.393 e. The molecule has 0 radical (unpaired) electrons. The van der Waals surface area contributed by atoms with Gasteiger partial charge in [-0.1, -0.05) is 18.2 Å². The second-order valence-electron chi connectivity index (χ2n) is 7.48. The van der Waals surface area contributed by atoms with Crippen LogP contribution in [0.3, 0.4) is 0 Å². The number of carbonyl (C=O) groups is 1. The minimum absolute atomic E-state index is 0.0227. The van der Waals surface area contributed by atoms with E-state index >= 15 is 0 Å². The normalized spacial score (nSPS) is 19.9. The van der Waals surface area contributed by atoms with Crippen molar-refractivity contribution in [2.45, 2.75) is 31.8 Å².